The molecule has 1 spiro atoms. The first-order valence-electron chi connectivity index (χ1n) is 8.66. The van der Waals surface area contributed by atoms with E-state index >= 15 is 0 Å². The Morgan fingerprint density at radius 3 is 2.71 bits per heavy atom. The third-order valence-electron chi connectivity index (χ3n) is 5.48. The number of hydrogen-bond donors (Lipinski definition) is 0. The van der Waals surface area contributed by atoms with Crippen molar-refractivity contribution < 1.29 is 18.8 Å². The van der Waals surface area contributed by atoms with Gasteiger partial charge in [0.05, 0.1) is 0 Å². The number of nitrogens with zero attached hydrogens (tertiary/aromatic N) is 4. The highest BCUT2D eigenvalue weighted by Gasteiger charge is 2.55. The smallest absolute Gasteiger partial charge is 0.327 e. The fourth-order valence-electron chi connectivity index (χ4n) is 4.05. The van der Waals surface area contributed by atoms with E-state index in [1.807, 2.05) is 0 Å². The number of likely N-dealkylation sites (N-methyl/N-ethyl adjacent to an activating group) is 1. The summed E-state index contributed by atoms with van der Waals surface area (Å²) in [5.41, 5.74) is -0.674. The van der Waals surface area contributed by atoms with Gasteiger partial charge < -0.3 is 14.2 Å². The van der Waals surface area contributed by atoms with Gasteiger partial charge >= 0.3 is 6.03 Å². The van der Waals surface area contributed by atoms with Crippen LogP contribution in [0.25, 0.3) is 0 Å². The van der Waals surface area contributed by atoms with Gasteiger partial charge in [0.25, 0.3) is 5.91 Å². The van der Waals surface area contributed by atoms with Crippen LogP contribution in [0.1, 0.15) is 62.8 Å². The van der Waals surface area contributed by atoms with Gasteiger partial charge in [0, 0.05) is 13.7 Å². The number of carbonyl (C=O) groups excluding carboxylic acids is 2. The molecule has 1 saturated carbocycles. The number of aromatic nitrogens is 2. The molecular weight excluding hydrogens is 312 g/mol. The Labute approximate surface area is 140 Å². The predicted octanol–water partition coefficient (Wildman–Crippen LogP) is 2.02. The van der Waals surface area contributed by atoms with Crippen LogP contribution in [-0.4, -0.2) is 51.1 Å². The highest BCUT2D eigenvalue weighted by molar-refractivity contribution is 6.06. The van der Waals surface area contributed by atoms with Crippen molar-refractivity contribution in [2.24, 2.45) is 0 Å². The Morgan fingerprint density at radius 1 is 1.21 bits per heavy atom. The van der Waals surface area contributed by atoms with Crippen molar-refractivity contribution in [1.82, 2.24) is 19.9 Å². The molecule has 8 heteroatoms. The number of rotatable bonds is 3. The SMILES string of the molecule is CN1C(=O)N(Cc2nc(C3CCCO3)no2)C(=O)C12CCCCC2. The zero-order valence-electron chi connectivity index (χ0n) is 13.9. The van der Waals surface area contributed by atoms with Crippen LogP contribution in [0.4, 0.5) is 4.79 Å². The second-order valence-corrected chi connectivity index (χ2v) is 6.87. The van der Waals surface area contributed by atoms with Gasteiger partial charge in [0.2, 0.25) is 11.7 Å². The van der Waals surface area contributed by atoms with Gasteiger partial charge in [-0.25, -0.2) is 4.79 Å². The predicted molar refractivity (Wildman–Crippen MR) is 81.8 cm³/mol. The second kappa shape index (κ2) is 5.84. The van der Waals surface area contributed by atoms with E-state index in [2.05, 4.69) is 10.1 Å². The third kappa shape index (κ3) is 2.31. The Kier molecular flexibility index (Phi) is 3.79. The summed E-state index contributed by atoms with van der Waals surface area (Å²) in [6, 6.07) is -0.279. The molecule has 1 aliphatic carbocycles. The van der Waals surface area contributed by atoms with Crippen molar-refractivity contribution in [2.45, 2.75) is 63.1 Å². The fourth-order valence-corrected chi connectivity index (χ4v) is 4.05. The molecule has 8 nitrogen and oxygen atoms in total. The minimum absolute atomic E-state index is 0.0312. The summed E-state index contributed by atoms with van der Waals surface area (Å²) in [4.78, 5) is 32.7. The number of carbonyl (C=O) groups is 2. The largest absolute Gasteiger partial charge is 0.370 e. The Balaban J connectivity index is 1.52. The molecule has 3 heterocycles. The van der Waals surface area contributed by atoms with E-state index in [0.29, 0.717) is 12.4 Å². The summed E-state index contributed by atoms with van der Waals surface area (Å²) in [6.07, 6.45) is 6.23. The molecule has 1 aromatic heterocycles. The highest BCUT2D eigenvalue weighted by atomic mass is 16.5. The van der Waals surface area contributed by atoms with Crippen LogP contribution >= 0.6 is 0 Å². The van der Waals surface area contributed by atoms with Gasteiger partial charge in [0.1, 0.15) is 18.2 Å². The van der Waals surface area contributed by atoms with Gasteiger partial charge in [-0.3, -0.25) is 9.69 Å². The molecule has 3 fully saturated rings. The maximum absolute atomic E-state index is 12.9. The first kappa shape index (κ1) is 15.6. The van der Waals surface area contributed by atoms with Crippen molar-refractivity contribution in [3.05, 3.63) is 11.7 Å². The normalized spacial score (nSPS) is 26.8. The molecule has 0 aromatic carbocycles. The molecule has 4 rings (SSSR count). The fraction of sp³-hybridized carbons (Fsp3) is 0.750. The van der Waals surface area contributed by atoms with Crippen LogP contribution in [0, 0.1) is 0 Å². The zero-order chi connectivity index (χ0) is 16.7. The second-order valence-electron chi connectivity index (χ2n) is 6.87. The van der Waals surface area contributed by atoms with Crippen LogP contribution in [-0.2, 0) is 16.1 Å². The summed E-state index contributed by atoms with van der Waals surface area (Å²) < 4.78 is 10.8. The van der Waals surface area contributed by atoms with Crippen LogP contribution < -0.4 is 0 Å². The lowest BCUT2D eigenvalue weighted by molar-refractivity contribution is -0.135. The number of ether oxygens (including phenoxy) is 1. The quantitative estimate of drug-likeness (QED) is 0.786. The summed E-state index contributed by atoms with van der Waals surface area (Å²) in [6.45, 7) is 0.731. The van der Waals surface area contributed by atoms with Crippen molar-refractivity contribution in [2.75, 3.05) is 13.7 Å². The monoisotopic (exact) mass is 334 g/mol. The van der Waals surface area contributed by atoms with E-state index in [1.165, 1.54) is 4.90 Å². The number of urea groups is 1. The van der Waals surface area contributed by atoms with E-state index in [0.717, 1.165) is 44.9 Å². The van der Waals surface area contributed by atoms with Crippen molar-refractivity contribution in [3.8, 4) is 0 Å². The molecule has 1 unspecified atom stereocenters. The minimum Gasteiger partial charge on any atom is -0.370 e. The van der Waals surface area contributed by atoms with E-state index in [9.17, 15) is 9.59 Å². The van der Waals surface area contributed by atoms with Crippen LogP contribution in [0.5, 0.6) is 0 Å². The summed E-state index contributed by atoms with van der Waals surface area (Å²) in [5, 5.41) is 3.94. The maximum Gasteiger partial charge on any atom is 0.327 e. The van der Waals surface area contributed by atoms with Gasteiger partial charge in [-0.1, -0.05) is 24.4 Å². The molecule has 0 radical (unpaired) electrons. The number of imide groups is 1. The summed E-state index contributed by atoms with van der Waals surface area (Å²) in [7, 11) is 1.72. The molecule has 1 atom stereocenters. The lowest BCUT2D eigenvalue weighted by Gasteiger charge is -2.35. The minimum atomic E-state index is -0.674. The van der Waals surface area contributed by atoms with Crippen molar-refractivity contribution in [1.29, 1.82) is 0 Å². The average Bonchev–Trinajstić information content (AvgIpc) is 3.32. The Hall–Kier alpha value is -1.96. The molecule has 0 N–H and O–H groups in total. The highest BCUT2D eigenvalue weighted by Crippen LogP contribution is 2.39. The van der Waals surface area contributed by atoms with E-state index in [1.54, 1.807) is 11.9 Å². The van der Waals surface area contributed by atoms with Gasteiger partial charge in [-0.05, 0) is 25.7 Å². The molecule has 0 bridgehead atoms. The molecule has 130 valence electrons. The average molecular weight is 334 g/mol. The van der Waals surface area contributed by atoms with Crippen LogP contribution in [0.3, 0.4) is 0 Å². The Morgan fingerprint density at radius 2 is 2.00 bits per heavy atom. The molecule has 2 aliphatic heterocycles. The summed E-state index contributed by atoms with van der Waals surface area (Å²) in [5.74, 6) is 0.650. The van der Waals surface area contributed by atoms with Gasteiger partial charge in [0.15, 0.2) is 0 Å². The molecule has 2 saturated heterocycles. The van der Waals surface area contributed by atoms with E-state index in [-0.39, 0.29) is 30.5 Å². The number of amides is 3. The van der Waals surface area contributed by atoms with E-state index < -0.39 is 5.54 Å². The van der Waals surface area contributed by atoms with Gasteiger partial charge in [-0.15, -0.1) is 0 Å². The van der Waals surface area contributed by atoms with Crippen molar-refractivity contribution in [3.63, 3.8) is 0 Å². The molecule has 3 aliphatic rings. The third-order valence-corrected chi connectivity index (χ3v) is 5.48. The lowest BCUT2D eigenvalue weighted by Crippen LogP contribution is -2.49. The molecule has 1 aromatic rings. The van der Waals surface area contributed by atoms with Crippen molar-refractivity contribution >= 4 is 11.9 Å². The zero-order valence-corrected chi connectivity index (χ0v) is 13.9. The van der Waals surface area contributed by atoms with E-state index in [4.69, 9.17) is 9.26 Å². The maximum atomic E-state index is 12.9. The standard InChI is InChI=1S/C16H22N4O4/c1-19-15(22)20(14(21)16(19)7-3-2-4-8-16)10-12-17-13(18-24-12)11-6-5-9-23-11/h11H,2-10H2,1H3. The molecule has 24 heavy (non-hydrogen) atoms. The summed E-state index contributed by atoms with van der Waals surface area (Å²) >= 11 is 0. The first-order chi connectivity index (χ1) is 11.6. The molecule has 3 amide bonds. The van der Waals surface area contributed by atoms with Gasteiger partial charge in [-0.2, -0.15) is 4.98 Å². The first-order valence-corrected chi connectivity index (χ1v) is 8.66. The lowest BCUT2D eigenvalue weighted by atomic mass is 9.81. The van der Waals surface area contributed by atoms with Crippen LogP contribution in [0.2, 0.25) is 0 Å². The Bertz CT molecular complexity index is 646. The van der Waals surface area contributed by atoms with Crippen LogP contribution in [0.15, 0.2) is 4.52 Å². The molecular formula is C16H22N4O4. The number of hydrogen-bond acceptors (Lipinski definition) is 6. The topological polar surface area (TPSA) is 88.8 Å².